The second kappa shape index (κ2) is 21.8. The van der Waals surface area contributed by atoms with Crippen LogP contribution in [-0.2, 0) is 17.6 Å². The number of aromatic nitrogens is 2. The molecule has 0 unspecified atom stereocenters. The van der Waals surface area contributed by atoms with Crippen molar-refractivity contribution in [1.82, 2.24) is 30.0 Å². The molecule has 6 heterocycles. The van der Waals surface area contributed by atoms with Gasteiger partial charge in [-0.15, -0.1) is 0 Å². The van der Waals surface area contributed by atoms with Gasteiger partial charge in [-0.1, -0.05) is 43.5 Å². The zero-order valence-corrected chi connectivity index (χ0v) is 36.8. The summed E-state index contributed by atoms with van der Waals surface area (Å²) < 4.78 is 23.3. The fourth-order valence-electron chi connectivity index (χ4n) is 9.56. The predicted molar refractivity (Wildman–Crippen MR) is 244 cm³/mol. The number of hydrogen-bond acceptors (Lipinski definition) is 12. The third kappa shape index (κ3) is 11.3. The summed E-state index contributed by atoms with van der Waals surface area (Å²) in [5.41, 5.74) is 4.75. The monoisotopic (exact) mass is 847 g/mol. The number of nitrogens with one attached hydrogen (secondary N) is 1. The molecule has 0 spiro atoms. The van der Waals surface area contributed by atoms with Gasteiger partial charge in [-0.2, -0.15) is 0 Å². The molecule has 2 atom stereocenters. The molecule has 2 saturated heterocycles. The van der Waals surface area contributed by atoms with Crippen LogP contribution in [0, 0.1) is 5.92 Å². The van der Waals surface area contributed by atoms with Crippen molar-refractivity contribution >= 4 is 17.3 Å². The van der Waals surface area contributed by atoms with Crippen LogP contribution < -0.4 is 34.1 Å². The molecule has 9 rings (SSSR count). The van der Waals surface area contributed by atoms with Crippen molar-refractivity contribution in [2.45, 2.75) is 57.0 Å². The largest absolute Gasteiger partial charge is 0.486 e. The predicted octanol–water partition coefficient (Wildman–Crippen LogP) is 5.43. The summed E-state index contributed by atoms with van der Waals surface area (Å²) in [6.45, 7) is 12.3. The number of para-hydroxylation sites is 2. The molecule has 0 bridgehead atoms. The van der Waals surface area contributed by atoms with E-state index in [0.29, 0.717) is 38.4 Å². The highest BCUT2D eigenvalue weighted by molar-refractivity contribution is 5.79. The van der Waals surface area contributed by atoms with E-state index < -0.39 is 0 Å². The minimum absolute atomic E-state index is 0.140. The van der Waals surface area contributed by atoms with Crippen molar-refractivity contribution in [3.63, 3.8) is 0 Å². The van der Waals surface area contributed by atoms with Gasteiger partial charge in [-0.05, 0) is 80.3 Å². The van der Waals surface area contributed by atoms with Gasteiger partial charge in [0.05, 0.1) is 11.4 Å². The van der Waals surface area contributed by atoms with E-state index in [0.717, 1.165) is 126 Å². The van der Waals surface area contributed by atoms with Crippen LogP contribution >= 0.6 is 0 Å². The second-order valence-electron chi connectivity index (χ2n) is 17.2. The standard InChI is InChI=1S/C28H38N4O3.C21H28N4O2/c1-30(28(33)23-8-3-2-4-9-23)24(19-22-7-6-12-29-20-22)21-31-13-15-32(16-14-31)25-10-5-11-26-27(25)35-18-17-34-26;1-22-18(14-17-4-3-7-23-15-17)16-24-8-10-25(11-9-24)19-5-2-6-20-21(19)27-13-12-26-20/h5-7,10-12,20,23-24H,2-4,8-9,13-19,21H2,1H3;2-7,15,18,22H,8-14,16H2,1H3/t24-;18-/m11/s1. The molecule has 1 N–H and O–H groups in total. The summed E-state index contributed by atoms with van der Waals surface area (Å²) in [5, 5.41) is 3.46. The van der Waals surface area contributed by atoms with Crippen molar-refractivity contribution in [2.24, 2.45) is 5.92 Å². The molecular weight excluding hydrogens is 781 g/mol. The van der Waals surface area contributed by atoms with E-state index in [1.54, 1.807) is 0 Å². The van der Waals surface area contributed by atoms with E-state index in [2.05, 4.69) is 65.2 Å². The third-order valence-corrected chi connectivity index (χ3v) is 13.1. The van der Waals surface area contributed by atoms with Gasteiger partial charge in [0, 0.05) is 115 Å². The van der Waals surface area contributed by atoms with E-state index in [9.17, 15) is 4.79 Å². The number of fused-ring (bicyclic) bond motifs is 2. The van der Waals surface area contributed by atoms with Crippen LogP contribution in [0.5, 0.6) is 23.0 Å². The number of benzene rings is 2. The van der Waals surface area contributed by atoms with Crippen molar-refractivity contribution in [3.8, 4) is 23.0 Å². The minimum Gasteiger partial charge on any atom is -0.486 e. The van der Waals surface area contributed by atoms with Gasteiger partial charge in [0.2, 0.25) is 5.91 Å². The quantitative estimate of drug-likeness (QED) is 0.186. The first-order valence-corrected chi connectivity index (χ1v) is 23.0. The fourth-order valence-corrected chi connectivity index (χ4v) is 9.56. The second-order valence-corrected chi connectivity index (χ2v) is 17.2. The maximum Gasteiger partial charge on any atom is 0.225 e. The summed E-state index contributed by atoms with van der Waals surface area (Å²) in [7, 11) is 4.06. The highest BCUT2D eigenvalue weighted by Gasteiger charge is 2.31. The maximum absolute atomic E-state index is 13.4. The molecule has 2 aromatic heterocycles. The molecule has 62 heavy (non-hydrogen) atoms. The molecule has 2 aromatic carbocycles. The average molecular weight is 847 g/mol. The summed E-state index contributed by atoms with van der Waals surface area (Å²) >= 11 is 0. The Bertz CT molecular complexity index is 1990. The number of carbonyl (C=O) groups excluding carboxylic acids is 1. The zero-order valence-electron chi connectivity index (χ0n) is 36.8. The molecule has 13 nitrogen and oxygen atoms in total. The minimum atomic E-state index is 0.140. The number of carbonyl (C=O) groups is 1. The van der Waals surface area contributed by atoms with Crippen LogP contribution in [0.3, 0.4) is 0 Å². The average Bonchev–Trinajstić information content (AvgIpc) is 3.34. The number of piperazine rings is 2. The van der Waals surface area contributed by atoms with Gasteiger partial charge in [0.1, 0.15) is 26.4 Å². The number of nitrogens with zero attached hydrogens (tertiary/aromatic N) is 7. The normalized spacial score (nSPS) is 19.2. The lowest BCUT2D eigenvalue weighted by atomic mass is 9.88. The molecule has 5 aliphatic rings. The van der Waals surface area contributed by atoms with Gasteiger partial charge in [-0.25, -0.2) is 0 Å². The Kier molecular flexibility index (Phi) is 15.3. The SMILES string of the molecule is CN(C(=O)C1CCCCC1)[C@H](Cc1cccnc1)CN1CCN(c2cccc3c2OCCO3)CC1.CN[C@H](Cc1cccnc1)CN1CCN(c2cccc3c2OCCO3)CC1. The number of likely N-dealkylation sites (N-methyl/N-ethyl adjacent to an activating group) is 2. The Hall–Kier alpha value is -5.11. The molecule has 0 radical (unpaired) electrons. The van der Waals surface area contributed by atoms with Crippen LogP contribution in [0.1, 0.15) is 43.2 Å². The summed E-state index contributed by atoms with van der Waals surface area (Å²) in [6.07, 6.45) is 15.1. The highest BCUT2D eigenvalue weighted by atomic mass is 16.6. The first kappa shape index (κ1) is 43.5. The molecule has 1 amide bonds. The first-order chi connectivity index (χ1) is 30.5. The Morgan fingerprint density at radius 1 is 0.661 bits per heavy atom. The molecule has 4 aliphatic heterocycles. The maximum atomic E-state index is 13.4. The van der Waals surface area contributed by atoms with E-state index in [-0.39, 0.29) is 12.0 Å². The molecule has 1 saturated carbocycles. The first-order valence-electron chi connectivity index (χ1n) is 23.0. The number of ether oxygens (including phenoxy) is 4. The molecule has 4 aromatic rings. The van der Waals surface area contributed by atoms with E-state index in [4.69, 9.17) is 18.9 Å². The fraction of sp³-hybridized carbons (Fsp3) is 0.531. The Labute approximate surface area is 368 Å². The van der Waals surface area contributed by atoms with Gasteiger partial charge in [-0.3, -0.25) is 24.6 Å². The van der Waals surface area contributed by atoms with Crippen LogP contribution in [0.25, 0.3) is 0 Å². The molecular formula is C49H66N8O5. The number of rotatable bonds is 13. The molecule has 1 aliphatic carbocycles. The van der Waals surface area contributed by atoms with Gasteiger partial charge in [0.15, 0.2) is 23.0 Å². The summed E-state index contributed by atoms with van der Waals surface area (Å²) in [4.78, 5) is 33.9. The Morgan fingerprint density at radius 3 is 1.69 bits per heavy atom. The van der Waals surface area contributed by atoms with Crippen molar-refractivity contribution in [2.75, 3.05) is 116 Å². The number of hydrogen-bond donors (Lipinski definition) is 1. The Balaban J connectivity index is 0.000000176. The lowest BCUT2D eigenvalue weighted by Gasteiger charge is -2.40. The van der Waals surface area contributed by atoms with E-state index in [1.165, 1.54) is 30.4 Å². The molecule has 3 fully saturated rings. The number of anilines is 2. The highest BCUT2D eigenvalue weighted by Crippen LogP contribution is 2.41. The van der Waals surface area contributed by atoms with Gasteiger partial charge >= 0.3 is 0 Å². The Morgan fingerprint density at radius 2 is 1.18 bits per heavy atom. The zero-order chi connectivity index (χ0) is 42.5. The molecule has 332 valence electrons. The molecule has 13 heteroatoms. The van der Waals surface area contributed by atoms with E-state index >= 15 is 0 Å². The summed E-state index contributed by atoms with van der Waals surface area (Å²) in [5.74, 6) is 4.00. The van der Waals surface area contributed by atoms with Crippen LogP contribution in [0.4, 0.5) is 11.4 Å². The van der Waals surface area contributed by atoms with Crippen LogP contribution in [0.2, 0.25) is 0 Å². The van der Waals surface area contributed by atoms with Gasteiger partial charge < -0.3 is 39.0 Å². The van der Waals surface area contributed by atoms with Crippen LogP contribution in [0.15, 0.2) is 85.5 Å². The number of pyridine rings is 2. The lowest BCUT2D eigenvalue weighted by molar-refractivity contribution is -0.137. The topological polar surface area (TPSA) is 108 Å². The van der Waals surface area contributed by atoms with Crippen molar-refractivity contribution in [3.05, 3.63) is 96.6 Å². The smallest absolute Gasteiger partial charge is 0.225 e. The van der Waals surface area contributed by atoms with Crippen molar-refractivity contribution < 1.29 is 23.7 Å². The van der Waals surface area contributed by atoms with Crippen LogP contribution in [-0.4, -0.2) is 149 Å². The number of amides is 1. The van der Waals surface area contributed by atoms with Crippen molar-refractivity contribution in [1.29, 1.82) is 0 Å². The lowest BCUT2D eigenvalue weighted by Crippen LogP contribution is -2.53. The summed E-state index contributed by atoms with van der Waals surface area (Å²) in [6, 6.07) is 21.2. The van der Waals surface area contributed by atoms with Gasteiger partial charge in [0.25, 0.3) is 0 Å². The third-order valence-electron chi connectivity index (χ3n) is 13.1. The van der Waals surface area contributed by atoms with E-state index in [1.807, 2.05) is 74.1 Å².